The predicted molar refractivity (Wildman–Crippen MR) is 142 cm³/mol. The Morgan fingerprint density at radius 1 is 1.11 bits per heavy atom. The summed E-state index contributed by atoms with van der Waals surface area (Å²) in [5, 5.41) is 3.15. The molecular weight excluding hydrogens is 473 g/mol. The molecule has 37 heavy (non-hydrogen) atoms. The number of carbonyl (C=O) groups excluding carboxylic acids is 2. The lowest BCUT2D eigenvalue weighted by atomic mass is 9.59. The maximum absolute atomic E-state index is 15.4. The average Bonchev–Trinajstić information content (AvgIpc) is 2.79. The fourth-order valence-corrected chi connectivity index (χ4v) is 5.87. The Hall–Kier alpha value is -2.15. The van der Waals surface area contributed by atoms with Crippen LogP contribution in [0.1, 0.15) is 110 Å². The monoisotopic (exact) mass is 519 g/mol. The Labute approximate surface area is 222 Å². The number of alkyl carbamates (subject to hydrolysis) is 1. The summed E-state index contributed by atoms with van der Waals surface area (Å²) in [4.78, 5) is 25.3. The molecule has 0 aromatic heterocycles. The van der Waals surface area contributed by atoms with E-state index in [1.807, 2.05) is 26.8 Å². The SMILES string of the molecule is CCCCCCOCCC(=O)Oc1cc(F)c2c(c1)[C@@]1(C)CCCCC[C@@H](C2)[C@@H]1NC(=O)OC(C)(C)C. The van der Waals surface area contributed by atoms with E-state index >= 15 is 4.39 Å². The number of ether oxygens (including phenoxy) is 3. The van der Waals surface area contributed by atoms with Gasteiger partial charge >= 0.3 is 12.1 Å². The molecule has 0 saturated heterocycles. The van der Waals surface area contributed by atoms with Crippen LogP contribution in [0.5, 0.6) is 5.75 Å². The lowest BCUT2D eigenvalue weighted by molar-refractivity contribution is -0.135. The molecule has 3 rings (SSSR count). The van der Waals surface area contributed by atoms with Gasteiger partial charge in [0.05, 0.1) is 13.0 Å². The number of hydrogen-bond donors (Lipinski definition) is 1. The summed E-state index contributed by atoms with van der Waals surface area (Å²) in [6.07, 6.45) is 9.54. The second-order valence-corrected chi connectivity index (χ2v) is 11.9. The number of nitrogens with one attached hydrogen (secondary N) is 1. The van der Waals surface area contributed by atoms with Crippen LogP contribution in [0.25, 0.3) is 0 Å². The maximum Gasteiger partial charge on any atom is 0.407 e. The van der Waals surface area contributed by atoms with Crippen LogP contribution in [0.4, 0.5) is 9.18 Å². The highest BCUT2D eigenvalue weighted by atomic mass is 19.1. The van der Waals surface area contributed by atoms with Gasteiger partial charge in [0.2, 0.25) is 0 Å². The van der Waals surface area contributed by atoms with Crippen molar-refractivity contribution in [2.75, 3.05) is 13.2 Å². The minimum Gasteiger partial charge on any atom is -0.444 e. The number of fused-ring (bicyclic) bond motifs is 4. The van der Waals surface area contributed by atoms with E-state index in [-0.39, 0.29) is 29.9 Å². The zero-order valence-corrected chi connectivity index (χ0v) is 23.4. The summed E-state index contributed by atoms with van der Waals surface area (Å²) >= 11 is 0. The van der Waals surface area contributed by atoms with Crippen LogP contribution >= 0.6 is 0 Å². The highest BCUT2D eigenvalue weighted by molar-refractivity contribution is 5.73. The summed E-state index contributed by atoms with van der Waals surface area (Å²) in [6, 6.07) is 2.94. The fraction of sp³-hybridized carbons (Fsp3) is 0.733. The van der Waals surface area contributed by atoms with Crippen molar-refractivity contribution in [3.05, 3.63) is 29.1 Å². The number of amides is 1. The van der Waals surface area contributed by atoms with Gasteiger partial charge in [-0.05, 0) is 69.6 Å². The van der Waals surface area contributed by atoms with Crippen molar-refractivity contribution in [1.29, 1.82) is 0 Å². The van der Waals surface area contributed by atoms with E-state index < -0.39 is 23.1 Å². The summed E-state index contributed by atoms with van der Waals surface area (Å²) in [6.45, 7) is 10.7. The van der Waals surface area contributed by atoms with Crippen molar-refractivity contribution in [2.24, 2.45) is 5.92 Å². The molecule has 2 aliphatic rings. The molecule has 6 nitrogen and oxygen atoms in total. The molecule has 7 heteroatoms. The third kappa shape index (κ3) is 8.17. The largest absolute Gasteiger partial charge is 0.444 e. The van der Waals surface area contributed by atoms with E-state index in [4.69, 9.17) is 14.2 Å². The van der Waals surface area contributed by atoms with Gasteiger partial charge in [0.1, 0.15) is 17.2 Å². The molecule has 1 aromatic carbocycles. The summed E-state index contributed by atoms with van der Waals surface area (Å²) in [7, 11) is 0. The van der Waals surface area contributed by atoms with Crippen LogP contribution < -0.4 is 10.1 Å². The molecule has 0 heterocycles. The maximum atomic E-state index is 15.4. The molecule has 208 valence electrons. The van der Waals surface area contributed by atoms with E-state index in [0.717, 1.165) is 50.5 Å². The van der Waals surface area contributed by atoms with Crippen LogP contribution in [0, 0.1) is 11.7 Å². The van der Waals surface area contributed by atoms with Gasteiger partial charge in [-0.25, -0.2) is 9.18 Å². The van der Waals surface area contributed by atoms with Crippen LogP contribution in [0.15, 0.2) is 12.1 Å². The van der Waals surface area contributed by atoms with Gasteiger partial charge in [0.15, 0.2) is 0 Å². The van der Waals surface area contributed by atoms with Crippen LogP contribution in [0.2, 0.25) is 0 Å². The smallest absolute Gasteiger partial charge is 0.407 e. The number of hydrogen-bond acceptors (Lipinski definition) is 5. The van der Waals surface area contributed by atoms with Crippen molar-refractivity contribution >= 4 is 12.1 Å². The van der Waals surface area contributed by atoms with E-state index in [1.165, 1.54) is 18.9 Å². The number of unbranched alkanes of at least 4 members (excludes halogenated alkanes) is 3. The standard InChI is InChI=1S/C30H46FNO5/c1-6-7-8-12-16-35-17-14-26(33)36-22-19-24-23(25(31)20-22)18-21-13-10-9-11-15-30(24,5)27(21)32-28(34)37-29(2,3)4/h19-21,27H,6-18H2,1-5H3,(H,32,34)/t21-,27-,30+/m0/s1. The minimum atomic E-state index is -0.605. The number of rotatable bonds is 10. The van der Waals surface area contributed by atoms with Crippen molar-refractivity contribution in [1.82, 2.24) is 5.32 Å². The lowest BCUT2D eigenvalue weighted by Gasteiger charge is -2.49. The van der Waals surface area contributed by atoms with E-state index in [0.29, 0.717) is 25.2 Å². The molecule has 1 saturated carbocycles. The topological polar surface area (TPSA) is 73.9 Å². The van der Waals surface area contributed by atoms with E-state index in [1.54, 1.807) is 0 Å². The lowest BCUT2D eigenvalue weighted by Crippen LogP contribution is -2.57. The van der Waals surface area contributed by atoms with Crippen molar-refractivity contribution in [3.8, 4) is 5.75 Å². The molecule has 1 aromatic rings. The first-order chi connectivity index (χ1) is 17.5. The number of benzene rings is 1. The van der Waals surface area contributed by atoms with Gasteiger partial charge in [0, 0.05) is 24.1 Å². The van der Waals surface area contributed by atoms with Crippen LogP contribution in [0.3, 0.4) is 0 Å². The predicted octanol–water partition coefficient (Wildman–Crippen LogP) is 7.01. The summed E-state index contributed by atoms with van der Waals surface area (Å²) < 4.78 is 32.1. The molecule has 2 bridgehead atoms. The van der Waals surface area contributed by atoms with Gasteiger partial charge in [0.25, 0.3) is 0 Å². The molecular formula is C30H46FNO5. The van der Waals surface area contributed by atoms with Crippen LogP contribution in [-0.2, 0) is 26.1 Å². The van der Waals surface area contributed by atoms with Crippen molar-refractivity contribution in [3.63, 3.8) is 0 Å². The van der Waals surface area contributed by atoms with Gasteiger partial charge in [-0.1, -0.05) is 52.4 Å². The van der Waals surface area contributed by atoms with Gasteiger partial charge < -0.3 is 19.5 Å². The zero-order chi connectivity index (χ0) is 27.1. The number of halogens is 1. The van der Waals surface area contributed by atoms with E-state index in [9.17, 15) is 9.59 Å². The molecule has 0 unspecified atom stereocenters. The molecule has 3 atom stereocenters. The third-order valence-corrected chi connectivity index (χ3v) is 7.68. The molecule has 1 fully saturated rings. The first kappa shape index (κ1) is 29.4. The Balaban J connectivity index is 1.75. The summed E-state index contributed by atoms with van der Waals surface area (Å²) in [5.74, 6) is -0.461. The first-order valence-electron chi connectivity index (χ1n) is 14.1. The molecule has 1 amide bonds. The second-order valence-electron chi connectivity index (χ2n) is 11.9. The van der Waals surface area contributed by atoms with Crippen LogP contribution in [-0.4, -0.2) is 36.9 Å². The second kappa shape index (κ2) is 13.1. The highest BCUT2D eigenvalue weighted by Gasteiger charge is 2.48. The molecule has 0 radical (unpaired) electrons. The zero-order valence-electron chi connectivity index (χ0n) is 23.4. The van der Waals surface area contributed by atoms with Gasteiger partial charge in [-0.15, -0.1) is 0 Å². The Morgan fingerprint density at radius 2 is 1.89 bits per heavy atom. The third-order valence-electron chi connectivity index (χ3n) is 7.68. The molecule has 2 aliphatic carbocycles. The van der Waals surface area contributed by atoms with E-state index in [2.05, 4.69) is 19.2 Å². The van der Waals surface area contributed by atoms with Gasteiger partial charge in [-0.3, -0.25) is 4.79 Å². The summed E-state index contributed by atoms with van der Waals surface area (Å²) in [5.41, 5.74) is 0.390. The van der Waals surface area contributed by atoms with Crippen molar-refractivity contribution in [2.45, 2.75) is 122 Å². The Morgan fingerprint density at radius 3 is 2.62 bits per heavy atom. The Bertz CT molecular complexity index is 927. The molecule has 0 spiro atoms. The normalized spacial score (nSPS) is 23.4. The molecule has 1 N–H and O–H groups in total. The highest BCUT2D eigenvalue weighted by Crippen LogP contribution is 2.48. The fourth-order valence-electron chi connectivity index (χ4n) is 5.87. The molecule has 0 aliphatic heterocycles. The first-order valence-corrected chi connectivity index (χ1v) is 14.1. The quantitative estimate of drug-likeness (QED) is 0.205. The number of esters is 1. The minimum absolute atomic E-state index is 0.114. The van der Waals surface area contributed by atoms with Crippen molar-refractivity contribution < 1.29 is 28.2 Å². The van der Waals surface area contributed by atoms with Gasteiger partial charge in [-0.2, -0.15) is 0 Å². The average molecular weight is 520 g/mol. The Kier molecular flexibility index (Phi) is 10.4. The number of carbonyl (C=O) groups is 2.